The lowest BCUT2D eigenvalue weighted by Crippen LogP contribution is -2.44. The Bertz CT molecular complexity index is 1290. The summed E-state index contributed by atoms with van der Waals surface area (Å²) < 4.78 is -0.621. The summed E-state index contributed by atoms with van der Waals surface area (Å²) in [6, 6.07) is 18.3. The molecule has 1 amide bonds. The van der Waals surface area contributed by atoms with Crippen molar-refractivity contribution in [2.24, 2.45) is 0 Å². The Morgan fingerprint density at radius 3 is 2.47 bits per heavy atom. The Labute approximate surface area is 202 Å². The Morgan fingerprint density at radius 1 is 1.03 bits per heavy atom. The summed E-state index contributed by atoms with van der Waals surface area (Å²) in [6.07, 6.45) is 8.60. The van der Waals surface area contributed by atoms with Crippen molar-refractivity contribution in [1.82, 2.24) is 5.32 Å². The van der Waals surface area contributed by atoms with Gasteiger partial charge in [-0.15, -0.1) is 0 Å². The second kappa shape index (κ2) is 10.1. The van der Waals surface area contributed by atoms with E-state index in [0.717, 1.165) is 16.3 Å². The molecule has 0 saturated carbocycles. The maximum Gasteiger partial charge on any atom is 0.269 e. The molecule has 1 unspecified atom stereocenters. The number of thiol groups is 1. The molecular formula is C27H24N2O4S. The topological polar surface area (TPSA) is 89.3 Å². The van der Waals surface area contributed by atoms with E-state index in [1.807, 2.05) is 60.7 Å². The average molecular weight is 473 g/mol. The first-order chi connectivity index (χ1) is 16.3. The van der Waals surface area contributed by atoms with Gasteiger partial charge in [0.2, 0.25) is 0 Å². The summed E-state index contributed by atoms with van der Waals surface area (Å²) in [5.41, 5.74) is 1.18. The predicted octanol–water partition coefficient (Wildman–Crippen LogP) is 5.23. The van der Waals surface area contributed by atoms with Crippen LogP contribution in [0.1, 0.15) is 28.8 Å². The molecule has 7 heteroatoms. The van der Waals surface area contributed by atoms with Crippen molar-refractivity contribution >= 4 is 40.8 Å². The number of hydrogen-bond donors (Lipinski definition) is 2. The minimum absolute atomic E-state index is 0.0279. The van der Waals surface area contributed by atoms with Crippen LogP contribution >= 0.6 is 12.6 Å². The number of nitro benzene ring substituents is 1. The number of ketones is 1. The second-order valence-electron chi connectivity index (χ2n) is 8.42. The minimum atomic E-state index is -0.809. The van der Waals surface area contributed by atoms with E-state index in [0.29, 0.717) is 12.0 Å². The van der Waals surface area contributed by atoms with Gasteiger partial charge in [0.05, 0.1) is 11.0 Å². The molecule has 0 bridgehead atoms. The lowest BCUT2D eigenvalue weighted by atomic mass is 9.89. The second-order valence-corrected chi connectivity index (χ2v) is 9.31. The molecule has 3 aromatic rings. The Hall–Kier alpha value is -3.71. The molecule has 0 fully saturated rings. The van der Waals surface area contributed by atoms with Gasteiger partial charge < -0.3 is 5.32 Å². The molecule has 0 spiro atoms. The molecular weight excluding hydrogens is 448 g/mol. The molecule has 0 radical (unpaired) electrons. The number of nitro groups is 1. The molecule has 6 nitrogen and oxygen atoms in total. The summed E-state index contributed by atoms with van der Waals surface area (Å²) in [4.78, 5) is 37.2. The highest BCUT2D eigenvalue weighted by Crippen LogP contribution is 2.30. The van der Waals surface area contributed by atoms with Gasteiger partial charge in [0, 0.05) is 28.9 Å². The number of fused-ring (bicyclic) bond motifs is 1. The first-order valence-electron chi connectivity index (χ1n) is 11.0. The number of carbonyl (C=O) groups is 2. The quantitative estimate of drug-likeness (QED) is 0.267. The molecule has 1 N–H and O–H groups in total. The van der Waals surface area contributed by atoms with Crippen LogP contribution in [0.15, 0.2) is 91.0 Å². The van der Waals surface area contributed by atoms with Gasteiger partial charge in [-0.25, -0.2) is 0 Å². The standard InChI is InChI=1S/C27H24N2O4S/c30-25(18-27(34)15-4-1-5-16-27)24(17-19-11-13-21(14-12-19)29(32)33)28-26(31)23-10-6-8-20-7-2-3-9-22(20)23/h1-15,24,34H,16-18H2,(H,28,31)/t24-,27?/m0/s1. The van der Waals surface area contributed by atoms with Gasteiger partial charge in [0.1, 0.15) is 0 Å². The van der Waals surface area contributed by atoms with Crippen LogP contribution in [0.5, 0.6) is 0 Å². The number of carbonyl (C=O) groups excluding carboxylic acids is 2. The fourth-order valence-corrected chi connectivity index (χ4v) is 4.45. The van der Waals surface area contributed by atoms with Crippen molar-refractivity contribution < 1.29 is 14.5 Å². The van der Waals surface area contributed by atoms with Crippen LogP contribution in [0.3, 0.4) is 0 Å². The molecule has 34 heavy (non-hydrogen) atoms. The van der Waals surface area contributed by atoms with Crippen molar-refractivity contribution in [2.45, 2.75) is 30.1 Å². The van der Waals surface area contributed by atoms with Gasteiger partial charge in [0.25, 0.3) is 11.6 Å². The van der Waals surface area contributed by atoms with E-state index >= 15 is 0 Å². The van der Waals surface area contributed by atoms with Gasteiger partial charge in [-0.2, -0.15) is 12.6 Å². The van der Waals surface area contributed by atoms with E-state index in [-0.39, 0.29) is 30.2 Å². The average Bonchev–Trinajstić information content (AvgIpc) is 2.83. The van der Waals surface area contributed by atoms with Gasteiger partial charge in [-0.3, -0.25) is 19.7 Å². The fourth-order valence-electron chi connectivity index (χ4n) is 4.10. The summed E-state index contributed by atoms with van der Waals surface area (Å²) in [7, 11) is 0. The van der Waals surface area contributed by atoms with E-state index in [2.05, 4.69) is 5.32 Å². The smallest absolute Gasteiger partial charge is 0.269 e. The summed E-state index contributed by atoms with van der Waals surface area (Å²) in [6.45, 7) is 0. The van der Waals surface area contributed by atoms with Crippen LogP contribution in [-0.2, 0) is 11.2 Å². The lowest BCUT2D eigenvalue weighted by molar-refractivity contribution is -0.384. The number of nitrogens with zero attached hydrogens (tertiary/aromatic N) is 1. The predicted molar refractivity (Wildman–Crippen MR) is 136 cm³/mol. The van der Waals surface area contributed by atoms with E-state index < -0.39 is 15.7 Å². The van der Waals surface area contributed by atoms with Crippen molar-refractivity contribution in [3.05, 3.63) is 112 Å². The zero-order valence-corrected chi connectivity index (χ0v) is 19.3. The number of non-ortho nitro benzene ring substituents is 1. The molecule has 0 heterocycles. The first kappa shape index (κ1) is 23.4. The number of nitrogens with one attached hydrogen (secondary N) is 1. The number of hydrogen-bond acceptors (Lipinski definition) is 5. The van der Waals surface area contributed by atoms with Crippen LogP contribution in [0.25, 0.3) is 10.8 Å². The molecule has 1 aliphatic rings. The highest BCUT2D eigenvalue weighted by Gasteiger charge is 2.31. The molecule has 1 aliphatic carbocycles. The third-order valence-corrected chi connectivity index (χ3v) is 6.41. The first-order valence-corrected chi connectivity index (χ1v) is 11.4. The summed E-state index contributed by atoms with van der Waals surface area (Å²) in [5.74, 6) is -0.494. The van der Waals surface area contributed by atoms with E-state index in [4.69, 9.17) is 12.6 Å². The largest absolute Gasteiger partial charge is 0.342 e. The lowest BCUT2D eigenvalue weighted by Gasteiger charge is -2.27. The summed E-state index contributed by atoms with van der Waals surface area (Å²) >= 11 is 4.71. The summed E-state index contributed by atoms with van der Waals surface area (Å²) in [5, 5.41) is 15.6. The van der Waals surface area contributed by atoms with Gasteiger partial charge in [-0.1, -0.05) is 72.8 Å². The molecule has 172 valence electrons. The van der Waals surface area contributed by atoms with E-state index in [1.165, 1.54) is 12.1 Å². The van der Waals surface area contributed by atoms with Crippen molar-refractivity contribution in [3.8, 4) is 0 Å². The van der Waals surface area contributed by atoms with Crippen LogP contribution in [0.2, 0.25) is 0 Å². The minimum Gasteiger partial charge on any atom is -0.342 e. The monoisotopic (exact) mass is 472 g/mol. The molecule has 3 aromatic carbocycles. The van der Waals surface area contributed by atoms with Crippen molar-refractivity contribution in [1.29, 1.82) is 0 Å². The third-order valence-electron chi connectivity index (χ3n) is 5.92. The number of Topliss-reactive ketones (excluding diaryl/α,β-unsaturated/α-hetero) is 1. The van der Waals surface area contributed by atoms with E-state index in [9.17, 15) is 19.7 Å². The van der Waals surface area contributed by atoms with Crippen molar-refractivity contribution in [3.63, 3.8) is 0 Å². The number of amides is 1. The van der Waals surface area contributed by atoms with E-state index in [1.54, 1.807) is 18.2 Å². The zero-order chi connectivity index (χ0) is 24.1. The molecule has 0 aromatic heterocycles. The Balaban J connectivity index is 1.60. The molecule has 2 atom stereocenters. The maximum absolute atomic E-state index is 13.4. The highest BCUT2D eigenvalue weighted by atomic mass is 32.1. The normalized spacial score (nSPS) is 17.9. The van der Waals surface area contributed by atoms with Crippen LogP contribution in [0.4, 0.5) is 5.69 Å². The molecule has 0 aliphatic heterocycles. The highest BCUT2D eigenvalue weighted by molar-refractivity contribution is 7.82. The van der Waals surface area contributed by atoms with Crippen LogP contribution in [-0.4, -0.2) is 27.4 Å². The molecule has 0 saturated heterocycles. The Kier molecular flexibility index (Phi) is 6.93. The number of rotatable bonds is 8. The SMILES string of the molecule is O=C(N[C@@H](Cc1ccc([N+](=O)[O-])cc1)C(=O)CC1(S)C=CC=CC1)c1cccc2ccccc12. The van der Waals surface area contributed by atoms with Gasteiger partial charge >= 0.3 is 0 Å². The zero-order valence-electron chi connectivity index (χ0n) is 18.4. The van der Waals surface area contributed by atoms with Crippen LogP contribution < -0.4 is 5.32 Å². The maximum atomic E-state index is 13.4. The van der Waals surface area contributed by atoms with Crippen molar-refractivity contribution in [2.75, 3.05) is 0 Å². The third kappa shape index (κ3) is 5.43. The van der Waals surface area contributed by atoms with Gasteiger partial charge in [0.15, 0.2) is 5.78 Å². The Morgan fingerprint density at radius 2 is 1.76 bits per heavy atom. The molecule has 4 rings (SSSR count). The number of benzene rings is 3. The number of allylic oxidation sites excluding steroid dienone is 3. The van der Waals surface area contributed by atoms with Crippen LogP contribution in [0, 0.1) is 10.1 Å². The fraction of sp³-hybridized carbons (Fsp3) is 0.185. The van der Waals surface area contributed by atoms with Gasteiger partial charge in [-0.05, 0) is 35.2 Å².